The normalized spacial score (nSPS) is 14.0. The van der Waals surface area contributed by atoms with Gasteiger partial charge in [-0.25, -0.2) is 0 Å². The second-order valence-corrected chi connectivity index (χ2v) is 6.81. The maximum absolute atomic E-state index is 12.9. The van der Waals surface area contributed by atoms with Crippen molar-refractivity contribution >= 4 is 17.7 Å². The lowest BCUT2D eigenvalue weighted by Crippen LogP contribution is -2.51. The second kappa shape index (κ2) is 9.88. The highest BCUT2D eigenvalue weighted by molar-refractivity contribution is 5.95. The lowest BCUT2D eigenvalue weighted by molar-refractivity contribution is -0.121. The number of carbonyl (C=O) groups excluding carboxylic acids is 3. The van der Waals surface area contributed by atoms with Gasteiger partial charge in [-0.3, -0.25) is 14.4 Å². The Bertz CT molecular complexity index is 841. The average Bonchev–Trinajstić information content (AvgIpc) is 3.21. The molecule has 2 aromatic rings. The Kier molecular flexibility index (Phi) is 7.02. The van der Waals surface area contributed by atoms with Crippen molar-refractivity contribution in [2.45, 2.75) is 6.54 Å². The number of nitrogens with one attached hydrogen (secondary N) is 1. The van der Waals surface area contributed by atoms with Gasteiger partial charge in [0.2, 0.25) is 5.91 Å². The highest BCUT2D eigenvalue weighted by Gasteiger charge is 2.26. The van der Waals surface area contributed by atoms with Crippen LogP contribution in [0.5, 0.6) is 0 Å². The quantitative estimate of drug-likeness (QED) is 0.701. The van der Waals surface area contributed by atoms with Crippen molar-refractivity contribution in [1.82, 2.24) is 19.7 Å². The number of piperazine rings is 1. The molecule has 0 bridgehead atoms. The van der Waals surface area contributed by atoms with E-state index in [0.29, 0.717) is 50.6 Å². The SMILES string of the molecule is COCCNC(=O)Cn1cccc1C(=O)N1CCN(C(=O)c2ccccc2)CC1. The third-order valence-electron chi connectivity index (χ3n) is 4.87. The zero-order chi connectivity index (χ0) is 20.6. The Morgan fingerprint density at radius 1 is 0.931 bits per heavy atom. The third kappa shape index (κ3) is 5.23. The van der Waals surface area contributed by atoms with Crippen LogP contribution in [0.4, 0.5) is 0 Å². The Morgan fingerprint density at radius 3 is 2.24 bits per heavy atom. The molecule has 3 amide bonds. The van der Waals surface area contributed by atoms with E-state index in [1.54, 1.807) is 51.9 Å². The lowest BCUT2D eigenvalue weighted by Gasteiger charge is -2.35. The highest BCUT2D eigenvalue weighted by atomic mass is 16.5. The fourth-order valence-corrected chi connectivity index (χ4v) is 3.29. The fourth-order valence-electron chi connectivity index (χ4n) is 3.29. The number of ether oxygens (including phenoxy) is 1. The van der Waals surface area contributed by atoms with Crippen molar-refractivity contribution in [1.29, 1.82) is 0 Å². The van der Waals surface area contributed by atoms with Gasteiger partial charge in [-0.2, -0.15) is 0 Å². The predicted octanol–water partition coefficient (Wildman–Crippen LogP) is 0.849. The van der Waals surface area contributed by atoms with Crippen molar-refractivity contribution < 1.29 is 19.1 Å². The molecule has 154 valence electrons. The van der Waals surface area contributed by atoms with E-state index < -0.39 is 0 Å². The van der Waals surface area contributed by atoms with Crippen molar-refractivity contribution in [2.75, 3.05) is 46.4 Å². The molecule has 2 heterocycles. The molecule has 0 spiro atoms. The lowest BCUT2D eigenvalue weighted by atomic mass is 10.2. The van der Waals surface area contributed by atoms with Crippen LogP contribution in [0, 0.1) is 0 Å². The zero-order valence-corrected chi connectivity index (χ0v) is 16.5. The minimum absolute atomic E-state index is 0.0196. The van der Waals surface area contributed by atoms with E-state index in [9.17, 15) is 14.4 Å². The van der Waals surface area contributed by atoms with Gasteiger partial charge in [-0.1, -0.05) is 18.2 Å². The average molecular weight is 398 g/mol. The molecule has 1 fully saturated rings. The summed E-state index contributed by atoms with van der Waals surface area (Å²) in [5, 5.41) is 2.75. The van der Waals surface area contributed by atoms with Gasteiger partial charge in [0.1, 0.15) is 12.2 Å². The molecule has 0 radical (unpaired) electrons. The van der Waals surface area contributed by atoms with Gasteiger partial charge in [0.05, 0.1) is 6.61 Å². The maximum Gasteiger partial charge on any atom is 0.270 e. The van der Waals surface area contributed by atoms with Crippen LogP contribution in [0.2, 0.25) is 0 Å². The molecule has 8 heteroatoms. The van der Waals surface area contributed by atoms with E-state index in [2.05, 4.69) is 5.32 Å². The van der Waals surface area contributed by atoms with Crippen LogP contribution in [-0.2, 0) is 16.1 Å². The molecule has 0 saturated carbocycles. The summed E-state index contributed by atoms with van der Waals surface area (Å²) in [5.41, 5.74) is 1.12. The van der Waals surface area contributed by atoms with Crippen molar-refractivity contribution in [3.05, 3.63) is 59.9 Å². The standard InChI is InChI=1S/C21H26N4O4/c1-29-15-9-22-19(26)16-25-10-5-8-18(25)21(28)24-13-11-23(12-14-24)20(27)17-6-3-2-4-7-17/h2-8,10H,9,11-16H2,1H3,(H,22,26). The molecule has 0 aliphatic carbocycles. The van der Waals surface area contributed by atoms with Gasteiger partial charge < -0.3 is 24.4 Å². The first kappa shape index (κ1) is 20.6. The van der Waals surface area contributed by atoms with Gasteiger partial charge in [0.15, 0.2) is 0 Å². The van der Waals surface area contributed by atoms with Crippen LogP contribution in [-0.4, -0.2) is 78.5 Å². The fraction of sp³-hybridized carbons (Fsp3) is 0.381. The first-order chi connectivity index (χ1) is 14.1. The van der Waals surface area contributed by atoms with Crippen LogP contribution in [0.15, 0.2) is 48.7 Å². The second-order valence-electron chi connectivity index (χ2n) is 6.81. The van der Waals surface area contributed by atoms with Crippen molar-refractivity contribution in [2.24, 2.45) is 0 Å². The van der Waals surface area contributed by atoms with E-state index >= 15 is 0 Å². The molecule has 0 unspecified atom stereocenters. The first-order valence-corrected chi connectivity index (χ1v) is 9.64. The highest BCUT2D eigenvalue weighted by Crippen LogP contribution is 2.12. The minimum Gasteiger partial charge on any atom is -0.383 e. The molecule has 3 rings (SSSR count). The Morgan fingerprint density at radius 2 is 1.59 bits per heavy atom. The van der Waals surface area contributed by atoms with Gasteiger partial charge >= 0.3 is 0 Å². The first-order valence-electron chi connectivity index (χ1n) is 9.64. The number of amides is 3. The van der Waals surface area contributed by atoms with Gasteiger partial charge in [0, 0.05) is 51.6 Å². The van der Waals surface area contributed by atoms with Crippen LogP contribution in [0.3, 0.4) is 0 Å². The minimum atomic E-state index is -0.175. The molecule has 8 nitrogen and oxygen atoms in total. The van der Waals surface area contributed by atoms with Gasteiger partial charge in [-0.15, -0.1) is 0 Å². The van der Waals surface area contributed by atoms with E-state index in [0.717, 1.165) is 0 Å². The molecule has 1 N–H and O–H groups in total. The smallest absolute Gasteiger partial charge is 0.270 e. The van der Waals surface area contributed by atoms with E-state index in [1.807, 2.05) is 18.2 Å². The number of hydrogen-bond acceptors (Lipinski definition) is 4. The Hall–Kier alpha value is -3.13. The van der Waals surface area contributed by atoms with Gasteiger partial charge in [-0.05, 0) is 24.3 Å². The van der Waals surface area contributed by atoms with E-state index in [1.165, 1.54) is 0 Å². The topological polar surface area (TPSA) is 83.9 Å². The molecule has 1 aliphatic heterocycles. The van der Waals surface area contributed by atoms with E-state index in [-0.39, 0.29) is 24.3 Å². The summed E-state index contributed by atoms with van der Waals surface area (Å²) in [6, 6.07) is 12.6. The molecule has 1 aliphatic rings. The molecule has 1 aromatic heterocycles. The summed E-state index contributed by atoms with van der Waals surface area (Å²) in [7, 11) is 1.57. The number of nitrogens with zero attached hydrogens (tertiary/aromatic N) is 3. The molecular weight excluding hydrogens is 372 g/mol. The monoisotopic (exact) mass is 398 g/mol. The number of rotatable bonds is 7. The summed E-state index contributed by atoms with van der Waals surface area (Å²) in [6.45, 7) is 2.83. The largest absolute Gasteiger partial charge is 0.383 e. The third-order valence-corrected chi connectivity index (χ3v) is 4.87. The van der Waals surface area contributed by atoms with Gasteiger partial charge in [0.25, 0.3) is 11.8 Å². The predicted molar refractivity (Wildman–Crippen MR) is 108 cm³/mol. The molecule has 1 saturated heterocycles. The van der Waals surface area contributed by atoms with Crippen LogP contribution in [0.1, 0.15) is 20.8 Å². The number of methoxy groups -OCH3 is 1. The summed E-state index contributed by atoms with van der Waals surface area (Å²) < 4.78 is 6.56. The molecule has 0 atom stereocenters. The molecule has 29 heavy (non-hydrogen) atoms. The zero-order valence-electron chi connectivity index (χ0n) is 16.5. The Labute approximate surface area is 170 Å². The summed E-state index contributed by atoms with van der Waals surface area (Å²) >= 11 is 0. The van der Waals surface area contributed by atoms with E-state index in [4.69, 9.17) is 4.74 Å². The number of carbonyl (C=O) groups is 3. The number of hydrogen-bond donors (Lipinski definition) is 1. The molecule has 1 aromatic carbocycles. The summed E-state index contributed by atoms with van der Waals surface area (Å²) in [6.07, 6.45) is 1.72. The van der Waals surface area contributed by atoms with Crippen LogP contribution in [0.25, 0.3) is 0 Å². The van der Waals surface area contributed by atoms with Crippen LogP contribution >= 0.6 is 0 Å². The van der Waals surface area contributed by atoms with Crippen LogP contribution < -0.4 is 5.32 Å². The van der Waals surface area contributed by atoms with Crippen molar-refractivity contribution in [3.8, 4) is 0 Å². The number of benzene rings is 1. The van der Waals surface area contributed by atoms with Crippen molar-refractivity contribution in [3.63, 3.8) is 0 Å². The Balaban J connectivity index is 1.55. The maximum atomic E-state index is 12.9. The summed E-state index contributed by atoms with van der Waals surface area (Å²) in [4.78, 5) is 41.0. The summed E-state index contributed by atoms with van der Waals surface area (Å²) in [5.74, 6) is -0.328. The number of aromatic nitrogens is 1. The molecular formula is C21H26N4O4.